The van der Waals surface area contributed by atoms with Crippen LogP contribution in [0.2, 0.25) is 5.02 Å². The predicted octanol–water partition coefficient (Wildman–Crippen LogP) is 3.46. The first-order valence-electron chi connectivity index (χ1n) is 7.36. The second-order valence-electron chi connectivity index (χ2n) is 5.12. The first-order valence-corrected chi connectivity index (χ1v) is 7.73. The second-order valence-corrected chi connectivity index (χ2v) is 5.55. The minimum Gasteiger partial charge on any atom is -0.496 e. The molecule has 0 unspecified atom stereocenters. The minimum atomic E-state index is -4.57. The molecule has 0 heterocycles. The second kappa shape index (κ2) is 8.54. The number of nitrogens with one attached hydrogen (secondary N) is 2. The molecule has 0 aliphatic heterocycles. The maximum Gasteiger partial charge on any atom is 0.416 e. The number of ether oxygens (including phenoxy) is 1. The van der Waals surface area contributed by atoms with Crippen LogP contribution < -0.4 is 15.5 Å². The lowest BCUT2D eigenvalue weighted by Gasteiger charge is -2.09. The molecular formula is C17H13ClF3N3O3. The molecule has 0 spiro atoms. The lowest BCUT2D eigenvalue weighted by molar-refractivity contribution is -0.137. The van der Waals surface area contributed by atoms with Gasteiger partial charge >= 0.3 is 18.0 Å². The Labute approximate surface area is 157 Å². The molecule has 142 valence electrons. The summed E-state index contributed by atoms with van der Waals surface area (Å²) in [5.74, 6) is -1.90. The molecule has 0 aromatic heterocycles. The molecule has 2 amide bonds. The number of amides is 2. The van der Waals surface area contributed by atoms with Crippen LogP contribution in [0.4, 0.5) is 18.9 Å². The number of nitrogens with zero attached hydrogens (tertiary/aromatic N) is 1. The molecule has 27 heavy (non-hydrogen) atoms. The zero-order valence-electron chi connectivity index (χ0n) is 13.8. The molecule has 0 bridgehead atoms. The Morgan fingerprint density at radius 1 is 1.15 bits per heavy atom. The van der Waals surface area contributed by atoms with Gasteiger partial charge in [-0.15, -0.1) is 0 Å². The highest BCUT2D eigenvalue weighted by molar-refractivity contribution is 6.39. The molecule has 0 aliphatic carbocycles. The third kappa shape index (κ3) is 5.71. The van der Waals surface area contributed by atoms with Crippen LogP contribution >= 0.6 is 11.6 Å². The van der Waals surface area contributed by atoms with Crippen LogP contribution in [0, 0.1) is 0 Å². The standard InChI is InChI=1S/C17H13ClF3N3O3/c1-27-14-6-5-12(18)7-10(14)9-22-24-16(26)15(25)23-13-4-2-3-11(8-13)17(19,20)21/h2-9H,1H3,(H,23,25)(H,24,26)/b22-9-. The van der Waals surface area contributed by atoms with Gasteiger partial charge in [0.05, 0.1) is 18.9 Å². The Kier molecular flexibility index (Phi) is 6.40. The van der Waals surface area contributed by atoms with Gasteiger partial charge in [-0.25, -0.2) is 5.43 Å². The van der Waals surface area contributed by atoms with Gasteiger partial charge in [-0.3, -0.25) is 9.59 Å². The van der Waals surface area contributed by atoms with Gasteiger partial charge in [0.15, 0.2) is 0 Å². The third-order valence-electron chi connectivity index (χ3n) is 3.22. The summed E-state index contributed by atoms with van der Waals surface area (Å²) in [7, 11) is 1.43. The van der Waals surface area contributed by atoms with Crippen LogP contribution in [-0.2, 0) is 15.8 Å². The summed E-state index contributed by atoms with van der Waals surface area (Å²) in [5, 5.41) is 6.08. The van der Waals surface area contributed by atoms with Crippen LogP contribution in [0.1, 0.15) is 11.1 Å². The van der Waals surface area contributed by atoms with Crippen molar-refractivity contribution < 1.29 is 27.5 Å². The van der Waals surface area contributed by atoms with Crippen molar-refractivity contribution in [3.05, 3.63) is 58.6 Å². The Morgan fingerprint density at radius 2 is 1.89 bits per heavy atom. The van der Waals surface area contributed by atoms with E-state index in [9.17, 15) is 22.8 Å². The third-order valence-corrected chi connectivity index (χ3v) is 3.45. The van der Waals surface area contributed by atoms with Crippen molar-refractivity contribution in [2.75, 3.05) is 12.4 Å². The average Bonchev–Trinajstić information content (AvgIpc) is 2.61. The van der Waals surface area contributed by atoms with Gasteiger partial charge in [-0.05, 0) is 36.4 Å². The number of benzene rings is 2. The van der Waals surface area contributed by atoms with E-state index < -0.39 is 23.6 Å². The number of hydrazone groups is 1. The number of carbonyl (C=O) groups excluding carboxylic acids is 2. The van der Waals surface area contributed by atoms with E-state index in [2.05, 4.69) is 10.4 Å². The Balaban J connectivity index is 2.01. The Bertz CT molecular complexity index is 885. The van der Waals surface area contributed by atoms with Crippen LogP contribution in [0.3, 0.4) is 0 Å². The fraction of sp³-hybridized carbons (Fsp3) is 0.118. The number of carbonyl (C=O) groups is 2. The first kappa shape index (κ1) is 20.2. The lowest BCUT2D eigenvalue weighted by atomic mass is 10.2. The number of hydrogen-bond donors (Lipinski definition) is 2. The number of rotatable bonds is 4. The summed E-state index contributed by atoms with van der Waals surface area (Å²) in [6.07, 6.45) is -3.36. The van der Waals surface area contributed by atoms with E-state index in [0.717, 1.165) is 12.1 Å². The quantitative estimate of drug-likeness (QED) is 0.469. The Hall–Kier alpha value is -3.07. The summed E-state index contributed by atoms with van der Waals surface area (Å²) < 4.78 is 43.0. The zero-order valence-corrected chi connectivity index (χ0v) is 14.6. The summed E-state index contributed by atoms with van der Waals surface area (Å²) >= 11 is 5.85. The molecule has 0 saturated carbocycles. The Morgan fingerprint density at radius 3 is 2.56 bits per heavy atom. The first-order chi connectivity index (χ1) is 12.7. The van der Waals surface area contributed by atoms with Crippen molar-refractivity contribution in [1.82, 2.24) is 5.43 Å². The smallest absolute Gasteiger partial charge is 0.416 e. The van der Waals surface area contributed by atoms with Gasteiger partial charge in [0, 0.05) is 16.3 Å². The summed E-state index contributed by atoms with van der Waals surface area (Å²) in [5.41, 5.74) is 1.28. The van der Waals surface area contributed by atoms with Gasteiger partial charge < -0.3 is 10.1 Å². The summed E-state index contributed by atoms with van der Waals surface area (Å²) in [6, 6.07) is 8.60. The maximum absolute atomic E-state index is 12.7. The van der Waals surface area contributed by atoms with Crippen molar-refractivity contribution >= 4 is 35.3 Å². The average molecular weight is 400 g/mol. The summed E-state index contributed by atoms with van der Waals surface area (Å²) in [4.78, 5) is 23.5. The monoisotopic (exact) mass is 399 g/mol. The van der Waals surface area contributed by atoms with Crippen molar-refractivity contribution in [2.24, 2.45) is 5.10 Å². The summed E-state index contributed by atoms with van der Waals surface area (Å²) in [6.45, 7) is 0. The predicted molar refractivity (Wildman–Crippen MR) is 93.8 cm³/mol. The SMILES string of the molecule is COc1ccc(Cl)cc1/C=N\NC(=O)C(=O)Nc1cccc(C(F)(F)F)c1. The fourth-order valence-corrected chi connectivity index (χ4v) is 2.16. The lowest BCUT2D eigenvalue weighted by Crippen LogP contribution is -2.32. The molecule has 0 radical (unpaired) electrons. The fourth-order valence-electron chi connectivity index (χ4n) is 1.98. The van der Waals surface area contributed by atoms with E-state index in [-0.39, 0.29) is 5.69 Å². The van der Waals surface area contributed by atoms with Crippen molar-refractivity contribution in [3.63, 3.8) is 0 Å². The number of anilines is 1. The topological polar surface area (TPSA) is 79.8 Å². The van der Waals surface area contributed by atoms with E-state index in [0.29, 0.717) is 22.4 Å². The zero-order chi connectivity index (χ0) is 20.0. The molecule has 0 saturated heterocycles. The van der Waals surface area contributed by atoms with Crippen molar-refractivity contribution in [1.29, 1.82) is 0 Å². The van der Waals surface area contributed by atoms with Crippen LogP contribution in [0.15, 0.2) is 47.6 Å². The molecule has 2 aromatic carbocycles. The van der Waals surface area contributed by atoms with Gasteiger partial charge in [-0.2, -0.15) is 18.3 Å². The normalized spacial score (nSPS) is 11.3. The van der Waals surface area contributed by atoms with Crippen LogP contribution in [0.5, 0.6) is 5.75 Å². The maximum atomic E-state index is 12.7. The molecular weight excluding hydrogens is 387 g/mol. The number of hydrogen-bond acceptors (Lipinski definition) is 4. The number of halogens is 4. The molecule has 10 heteroatoms. The van der Waals surface area contributed by atoms with E-state index in [4.69, 9.17) is 16.3 Å². The van der Waals surface area contributed by atoms with E-state index in [1.54, 1.807) is 12.1 Å². The number of methoxy groups -OCH3 is 1. The number of alkyl halides is 3. The molecule has 2 aromatic rings. The van der Waals surface area contributed by atoms with Gasteiger partial charge in [0.25, 0.3) is 0 Å². The van der Waals surface area contributed by atoms with Gasteiger partial charge in [-0.1, -0.05) is 17.7 Å². The van der Waals surface area contributed by atoms with E-state index >= 15 is 0 Å². The molecule has 0 fully saturated rings. The van der Waals surface area contributed by atoms with E-state index in [1.165, 1.54) is 25.5 Å². The molecule has 6 nitrogen and oxygen atoms in total. The largest absolute Gasteiger partial charge is 0.496 e. The highest BCUT2D eigenvalue weighted by Crippen LogP contribution is 2.30. The molecule has 0 aliphatic rings. The highest BCUT2D eigenvalue weighted by Gasteiger charge is 2.30. The van der Waals surface area contributed by atoms with Crippen LogP contribution in [-0.4, -0.2) is 25.1 Å². The molecule has 0 atom stereocenters. The van der Waals surface area contributed by atoms with E-state index in [1.807, 2.05) is 5.43 Å². The highest BCUT2D eigenvalue weighted by atomic mass is 35.5. The minimum absolute atomic E-state index is 0.175. The van der Waals surface area contributed by atoms with Crippen molar-refractivity contribution in [3.8, 4) is 5.75 Å². The molecule has 2 N–H and O–H groups in total. The van der Waals surface area contributed by atoms with Crippen LogP contribution in [0.25, 0.3) is 0 Å². The van der Waals surface area contributed by atoms with Gasteiger partial charge in [0.1, 0.15) is 5.75 Å². The molecule has 2 rings (SSSR count). The van der Waals surface area contributed by atoms with Crippen molar-refractivity contribution in [2.45, 2.75) is 6.18 Å². The van der Waals surface area contributed by atoms with Gasteiger partial charge in [0.2, 0.25) is 0 Å².